The van der Waals surface area contributed by atoms with Crippen molar-refractivity contribution in [2.75, 3.05) is 6.54 Å². The van der Waals surface area contributed by atoms with E-state index in [1.165, 1.54) is 0 Å². The van der Waals surface area contributed by atoms with Crippen LogP contribution in [0.2, 0.25) is 0 Å². The van der Waals surface area contributed by atoms with Crippen LogP contribution in [0, 0.1) is 5.92 Å². The highest BCUT2D eigenvalue weighted by molar-refractivity contribution is 7.10. The number of aliphatic hydroxyl groups is 1. The predicted octanol–water partition coefficient (Wildman–Crippen LogP) is 2.55. The fourth-order valence-electron chi connectivity index (χ4n) is 1.81. The molecule has 2 N–H and O–H groups in total. The number of aliphatic hydroxyl groups excluding tert-OH is 1. The maximum Gasteiger partial charge on any atom is 0.231 e. The molecule has 0 aliphatic carbocycles. The minimum atomic E-state index is -0.536. The molecular weight excluding hydrogens is 246 g/mol. The van der Waals surface area contributed by atoms with E-state index >= 15 is 0 Å². The third kappa shape index (κ3) is 4.10. The molecule has 0 bridgehead atoms. The average molecular weight is 269 g/mol. The Morgan fingerprint density at radius 1 is 1.50 bits per heavy atom. The van der Waals surface area contributed by atoms with E-state index in [1.54, 1.807) is 11.3 Å². The van der Waals surface area contributed by atoms with Gasteiger partial charge in [0.25, 0.3) is 0 Å². The lowest BCUT2D eigenvalue weighted by Crippen LogP contribution is -2.43. The number of hydrogen-bond acceptors (Lipinski definition) is 3. The standard InChI is InChI=1S/C14H23NO2S/c1-10(2)8-11(16)9-15-13(17)14(3,4)12-6-5-7-18-12/h5-7,10-11,16H,8-9H2,1-4H3,(H,15,17). The van der Waals surface area contributed by atoms with Crippen LogP contribution < -0.4 is 5.32 Å². The van der Waals surface area contributed by atoms with Gasteiger partial charge in [-0.2, -0.15) is 0 Å². The van der Waals surface area contributed by atoms with Crippen molar-refractivity contribution in [1.82, 2.24) is 5.32 Å². The molecule has 0 radical (unpaired) electrons. The van der Waals surface area contributed by atoms with E-state index in [4.69, 9.17) is 0 Å². The SMILES string of the molecule is CC(C)CC(O)CNC(=O)C(C)(C)c1cccs1. The number of carbonyl (C=O) groups is 1. The first kappa shape index (κ1) is 15.2. The van der Waals surface area contributed by atoms with Crippen molar-refractivity contribution in [3.8, 4) is 0 Å². The van der Waals surface area contributed by atoms with Crippen LogP contribution in [0.3, 0.4) is 0 Å². The quantitative estimate of drug-likeness (QED) is 0.834. The molecule has 1 unspecified atom stereocenters. The first-order valence-corrected chi connectivity index (χ1v) is 7.22. The Morgan fingerprint density at radius 3 is 2.67 bits per heavy atom. The normalized spacial score (nSPS) is 13.7. The average Bonchev–Trinajstić information content (AvgIpc) is 2.78. The zero-order chi connectivity index (χ0) is 13.8. The number of amides is 1. The third-order valence-corrected chi connectivity index (χ3v) is 4.14. The molecule has 1 rings (SSSR count). The predicted molar refractivity (Wildman–Crippen MR) is 75.8 cm³/mol. The van der Waals surface area contributed by atoms with Gasteiger partial charge in [0.15, 0.2) is 0 Å². The van der Waals surface area contributed by atoms with Crippen LogP contribution in [0.5, 0.6) is 0 Å². The van der Waals surface area contributed by atoms with Gasteiger partial charge in [0.1, 0.15) is 0 Å². The Morgan fingerprint density at radius 2 is 2.17 bits per heavy atom. The Hall–Kier alpha value is -0.870. The van der Waals surface area contributed by atoms with Crippen molar-refractivity contribution >= 4 is 17.2 Å². The molecule has 1 amide bonds. The summed E-state index contributed by atoms with van der Waals surface area (Å²) in [6.07, 6.45) is 0.243. The van der Waals surface area contributed by atoms with Gasteiger partial charge < -0.3 is 10.4 Å². The molecule has 0 aliphatic heterocycles. The second kappa shape index (κ2) is 6.34. The summed E-state index contributed by atoms with van der Waals surface area (Å²) in [5, 5.41) is 14.6. The van der Waals surface area contributed by atoms with E-state index in [9.17, 15) is 9.90 Å². The summed E-state index contributed by atoms with van der Waals surface area (Å²) >= 11 is 1.58. The third-order valence-electron chi connectivity index (χ3n) is 2.95. The van der Waals surface area contributed by atoms with Crippen LogP contribution in [-0.2, 0) is 10.2 Å². The number of nitrogens with one attached hydrogen (secondary N) is 1. The summed E-state index contributed by atoms with van der Waals surface area (Å²) in [4.78, 5) is 13.2. The Bertz CT molecular complexity index is 371. The van der Waals surface area contributed by atoms with Gasteiger partial charge in [-0.05, 0) is 37.6 Å². The van der Waals surface area contributed by atoms with Crippen molar-refractivity contribution in [3.63, 3.8) is 0 Å². The second-order valence-corrected chi connectivity index (χ2v) is 6.54. The molecule has 0 aromatic carbocycles. The first-order chi connectivity index (χ1) is 8.34. The molecule has 4 heteroatoms. The van der Waals surface area contributed by atoms with E-state index in [0.717, 1.165) is 4.88 Å². The largest absolute Gasteiger partial charge is 0.391 e. The highest BCUT2D eigenvalue weighted by Crippen LogP contribution is 2.27. The van der Waals surface area contributed by atoms with Gasteiger partial charge >= 0.3 is 0 Å². The lowest BCUT2D eigenvalue weighted by Gasteiger charge is -2.23. The molecule has 0 saturated carbocycles. The van der Waals surface area contributed by atoms with Gasteiger partial charge in [-0.25, -0.2) is 0 Å². The van der Waals surface area contributed by atoms with Crippen molar-refractivity contribution in [1.29, 1.82) is 0 Å². The number of hydrogen-bond donors (Lipinski definition) is 2. The molecule has 102 valence electrons. The van der Waals surface area contributed by atoms with Gasteiger partial charge in [0.05, 0.1) is 11.5 Å². The summed E-state index contributed by atoms with van der Waals surface area (Å²) in [6, 6.07) is 3.91. The number of carbonyl (C=O) groups excluding carboxylic acids is 1. The maximum absolute atomic E-state index is 12.1. The van der Waals surface area contributed by atoms with Gasteiger partial charge in [-0.1, -0.05) is 19.9 Å². The summed E-state index contributed by atoms with van der Waals surface area (Å²) in [6.45, 7) is 8.25. The van der Waals surface area contributed by atoms with Crippen molar-refractivity contribution in [2.45, 2.75) is 45.6 Å². The molecule has 18 heavy (non-hydrogen) atoms. The Labute approximate surface area is 113 Å². The summed E-state index contributed by atoms with van der Waals surface area (Å²) in [7, 11) is 0. The van der Waals surface area contributed by atoms with Gasteiger partial charge in [-0.15, -0.1) is 11.3 Å². The molecule has 3 nitrogen and oxygen atoms in total. The Balaban J connectivity index is 2.50. The topological polar surface area (TPSA) is 49.3 Å². The minimum Gasteiger partial charge on any atom is -0.391 e. The Kier molecular flexibility index (Phi) is 5.35. The fourth-order valence-corrected chi connectivity index (χ4v) is 2.65. The van der Waals surface area contributed by atoms with Crippen LogP contribution in [-0.4, -0.2) is 23.7 Å². The molecule has 1 aromatic rings. The van der Waals surface area contributed by atoms with Crippen LogP contribution in [0.4, 0.5) is 0 Å². The smallest absolute Gasteiger partial charge is 0.231 e. The maximum atomic E-state index is 12.1. The van der Waals surface area contributed by atoms with Crippen molar-refractivity contribution in [2.24, 2.45) is 5.92 Å². The van der Waals surface area contributed by atoms with Gasteiger partial charge in [0.2, 0.25) is 5.91 Å². The van der Waals surface area contributed by atoms with Crippen LogP contribution in [0.1, 0.15) is 39.0 Å². The summed E-state index contributed by atoms with van der Waals surface area (Å²) < 4.78 is 0. The highest BCUT2D eigenvalue weighted by atomic mass is 32.1. The minimum absolute atomic E-state index is 0.0345. The van der Waals surface area contributed by atoms with Gasteiger partial charge in [-0.3, -0.25) is 4.79 Å². The number of thiophene rings is 1. The molecule has 0 aliphatic rings. The van der Waals surface area contributed by atoms with Crippen LogP contribution in [0.25, 0.3) is 0 Å². The lowest BCUT2D eigenvalue weighted by molar-refractivity contribution is -0.126. The summed E-state index contributed by atoms with van der Waals surface area (Å²) in [5.74, 6) is 0.398. The molecule has 1 heterocycles. The zero-order valence-corrected chi connectivity index (χ0v) is 12.4. The van der Waals surface area contributed by atoms with E-state index in [2.05, 4.69) is 19.2 Å². The number of rotatable bonds is 6. The van der Waals surface area contributed by atoms with E-state index in [1.807, 2.05) is 31.4 Å². The molecule has 0 spiro atoms. The highest BCUT2D eigenvalue weighted by Gasteiger charge is 2.30. The molecule has 0 fully saturated rings. The van der Waals surface area contributed by atoms with Crippen molar-refractivity contribution < 1.29 is 9.90 Å². The second-order valence-electron chi connectivity index (χ2n) is 5.60. The lowest BCUT2D eigenvalue weighted by atomic mass is 9.90. The monoisotopic (exact) mass is 269 g/mol. The van der Waals surface area contributed by atoms with Crippen LogP contribution >= 0.6 is 11.3 Å². The van der Waals surface area contributed by atoms with E-state index in [0.29, 0.717) is 18.9 Å². The van der Waals surface area contributed by atoms with Gasteiger partial charge in [0, 0.05) is 11.4 Å². The van der Waals surface area contributed by atoms with E-state index < -0.39 is 11.5 Å². The fraction of sp³-hybridized carbons (Fsp3) is 0.643. The first-order valence-electron chi connectivity index (χ1n) is 6.34. The van der Waals surface area contributed by atoms with Crippen molar-refractivity contribution in [3.05, 3.63) is 22.4 Å². The molecule has 1 atom stereocenters. The van der Waals surface area contributed by atoms with Crippen LogP contribution in [0.15, 0.2) is 17.5 Å². The molecule has 0 saturated heterocycles. The van der Waals surface area contributed by atoms with E-state index in [-0.39, 0.29) is 5.91 Å². The zero-order valence-electron chi connectivity index (χ0n) is 11.6. The summed E-state index contributed by atoms with van der Waals surface area (Å²) in [5.41, 5.74) is -0.536. The molecule has 1 aromatic heterocycles. The molecular formula is C14H23NO2S.